The molecule has 0 fully saturated rings. The number of hydrogen-bond donors (Lipinski definition) is 1. The van der Waals surface area contributed by atoms with Gasteiger partial charge < -0.3 is 5.32 Å². The van der Waals surface area contributed by atoms with Crippen molar-refractivity contribution in [2.24, 2.45) is 0 Å². The Morgan fingerprint density at radius 3 is 2.85 bits per heavy atom. The van der Waals surface area contributed by atoms with Crippen LogP contribution in [0.3, 0.4) is 0 Å². The van der Waals surface area contributed by atoms with Crippen LogP contribution >= 0.6 is 0 Å². The molecule has 0 saturated carbocycles. The summed E-state index contributed by atoms with van der Waals surface area (Å²) in [5.41, 5.74) is 5.05. The number of nitrogens with zero attached hydrogens (tertiary/aromatic N) is 1. The monoisotopic (exact) mass is 260 g/mol. The molecular weight excluding hydrogens is 244 g/mol. The molecule has 1 unspecified atom stereocenters. The topological polar surface area (TPSA) is 24.9 Å². The Bertz CT molecular complexity index is 764. The SMILES string of the molecule is c1ccc2c(c1)CCC2Nc1cnc2ccccc2c1. The summed E-state index contributed by atoms with van der Waals surface area (Å²) in [5, 5.41) is 4.81. The zero-order chi connectivity index (χ0) is 13.4. The third-order valence-electron chi connectivity index (χ3n) is 4.06. The first-order valence-corrected chi connectivity index (χ1v) is 7.09. The van der Waals surface area contributed by atoms with Gasteiger partial charge in [0.25, 0.3) is 0 Å². The van der Waals surface area contributed by atoms with Crippen LogP contribution in [-0.4, -0.2) is 4.98 Å². The summed E-state index contributed by atoms with van der Waals surface area (Å²) in [5.74, 6) is 0. The van der Waals surface area contributed by atoms with Gasteiger partial charge >= 0.3 is 0 Å². The lowest BCUT2D eigenvalue weighted by atomic mass is 10.1. The zero-order valence-corrected chi connectivity index (χ0v) is 11.2. The van der Waals surface area contributed by atoms with E-state index >= 15 is 0 Å². The highest BCUT2D eigenvalue weighted by Crippen LogP contribution is 2.33. The maximum absolute atomic E-state index is 4.52. The van der Waals surface area contributed by atoms with Gasteiger partial charge in [0.2, 0.25) is 0 Å². The second-order valence-corrected chi connectivity index (χ2v) is 5.35. The third kappa shape index (κ3) is 1.94. The summed E-state index contributed by atoms with van der Waals surface area (Å²) < 4.78 is 0. The lowest BCUT2D eigenvalue weighted by Gasteiger charge is -2.15. The van der Waals surface area contributed by atoms with Crippen molar-refractivity contribution in [3.8, 4) is 0 Å². The standard InChI is InChI=1S/C18H16N2/c1-3-7-16-13(5-1)9-10-18(16)20-15-11-14-6-2-4-8-17(14)19-12-15/h1-8,11-12,18,20H,9-10H2. The van der Waals surface area contributed by atoms with Crippen LogP contribution in [0.2, 0.25) is 0 Å². The minimum absolute atomic E-state index is 0.411. The summed E-state index contributed by atoms with van der Waals surface area (Å²) in [4.78, 5) is 4.52. The Morgan fingerprint density at radius 2 is 1.85 bits per heavy atom. The van der Waals surface area contributed by atoms with E-state index in [0.717, 1.165) is 24.0 Å². The van der Waals surface area contributed by atoms with Crippen molar-refractivity contribution in [1.29, 1.82) is 0 Å². The van der Waals surface area contributed by atoms with Crippen LogP contribution in [0.1, 0.15) is 23.6 Å². The molecule has 4 rings (SSSR count). The Morgan fingerprint density at radius 1 is 1.00 bits per heavy atom. The highest BCUT2D eigenvalue weighted by atomic mass is 14.9. The number of pyridine rings is 1. The summed E-state index contributed by atoms with van der Waals surface area (Å²) in [6, 6.07) is 19.5. The third-order valence-corrected chi connectivity index (χ3v) is 4.06. The smallest absolute Gasteiger partial charge is 0.0703 e. The average Bonchev–Trinajstić information content (AvgIpc) is 2.91. The number of anilines is 1. The maximum atomic E-state index is 4.52. The van der Waals surface area contributed by atoms with Crippen LogP contribution in [0.5, 0.6) is 0 Å². The second-order valence-electron chi connectivity index (χ2n) is 5.35. The van der Waals surface area contributed by atoms with Gasteiger partial charge in [-0.3, -0.25) is 4.98 Å². The number of benzene rings is 2. The van der Waals surface area contributed by atoms with Gasteiger partial charge in [0.05, 0.1) is 23.4 Å². The number of nitrogens with one attached hydrogen (secondary N) is 1. The summed E-state index contributed by atoms with van der Waals surface area (Å²) in [6.07, 6.45) is 4.25. The van der Waals surface area contributed by atoms with Crippen molar-refractivity contribution in [1.82, 2.24) is 4.98 Å². The minimum atomic E-state index is 0.411. The molecule has 1 aromatic heterocycles. The quantitative estimate of drug-likeness (QED) is 0.741. The number of aryl methyl sites for hydroxylation is 1. The van der Waals surface area contributed by atoms with Gasteiger partial charge in [-0.1, -0.05) is 42.5 Å². The molecule has 2 heteroatoms. The fourth-order valence-electron chi connectivity index (χ4n) is 3.06. The van der Waals surface area contributed by atoms with E-state index in [1.165, 1.54) is 16.5 Å². The van der Waals surface area contributed by atoms with E-state index in [1.807, 2.05) is 18.3 Å². The zero-order valence-electron chi connectivity index (χ0n) is 11.2. The average molecular weight is 260 g/mol. The predicted molar refractivity (Wildman–Crippen MR) is 82.9 cm³/mol. The van der Waals surface area contributed by atoms with Gasteiger partial charge in [-0.2, -0.15) is 0 Å². The summed E-state index contributed by atoms with van der Waals surface area (Å²) in [7, 11) is 0. The summed E-state index contributed by atoms with van der Waals surface area (Å²) in [6.45, 7) is 0. The van der Waals surface area contributed by atoms with Gasteiger partial charge in [-0.25, -0.2) is 0 Å². The van der Waals surface area contributed by atoms with Crippen LogP contribution in [-0.2, 0) is 6.42 Å². The Balaban J connectivity index is 1.65. The van der Waals surface area contributed by atoms with Crippen LogP contribution < -0.4 is 5.32 Å². The first-order chi connectivity index (χ1) is 9.90. The lowest BCUT2D eigenvalue weighted by molar-refractivity contribution is 0.762. The first kappa shape index (κ1) is 11.5. The van der Waals surface area contributed by atoms with Gasteiger partial charge in [0, 0.05) is 5.39 Å². The van der Waals surface area contributed by atoms with Gasteiger partial charge in [-0.05, 0) is 36.1 Å². The largest absolute Gasteiger partial charge is 0.377 e. The Labute approximate surface area is 118 Å². The van der Waals surface area contributed by atoms with Crippen LogP contribution in [0.25, 0.3) is 10.9 Å². The predicted octanol–water partition coefficient (Wildman–Crippen LogP) is 4.33. The lowest BCUT2D eigenvalue weighted by Crippen LogP contribution is -2.07. The molecule has 3 aromatic rings. The van der Waals surface area contributed by atoms with Crippen molar-refractivity contribution in [2.45, 2.75) is 18.9 Å². The molecule has 1 heterocycles. The van der Waals surface area contributed by atoms with Gasteiger partial charge in [-0.15, -0.1) is 0 Å². The molecule has 1 aliphatic carbocycles. The van der Waals surface area contributed by atoms with Crippen LogP contribution in [0, 0.1) is 0 Å². The van der Waals surface area contributed by atoms with E-state index in [2.05, 4.69) is 52.8 Å². The van der Waals surface area contributed by atoms with Crippen LogP contribution in [0.4, 0.5) is 5.69 Å². The molecule has 0 bridgehead atoms. The van der Waals surface area contributed by atoms with Crippen molar-refractivity contribution < 1.29 is 0 Å². The maximum Gasteiger partial charge on any atom is 0.0703 e. The highest BCUT2D eigenvalue weighted by molar-refractivity contribution is 5.81. The second kappa shape index (κ2) is 4.64. The molecule has 2 nitrogen and oxygen atoms in total. The van der Waals surface area contributed by atoms with E-state index < -0.39 is 0 Å². The fraction of sp³-hybridized carbons (Fsp3) is 0.167. The molecular formula is C18H16N2. The van der Waals surface area contributed by atoms with E-state index in [0.29, 0.717) is 6.04 Å². The Kier molecular flexibility index (Phi) is 2.66. The van der Waals surface area contributed by atoms with Crippen LogP contribution in [0.15, 0.2) is 60.8 Å². The number of hydrogen-bond acceptors (Lipinski definition) is 2. The Hall–Kier alpha value is -2.35. The molecule has 2 aromatic carbocycles. The highest BCUT2D eigenvalue weighted by Gasteiger charge is 2.21. The number of rotatable bonds is 2. The molecule has 0 radical (unpaired) electrons. The molecule has 0 saturated heterocycles. The molecule has 0 spiro atoms. The van der Waals surface area contributed by atoms with Crippen molar-refractivity contribution in [3.63, 3.8) is 0 Å². The molecule has 1 aliphatic rings. The molecule has 1 N–H and O–H groups in total. The molecule has 0 amide bonds. The summed E-state index contributed by atoms with van der Waals surface area (Å²) >= 11 is 0. The van der Waals surface area contributed by atoms with E-state index in [9.17, 15) is 0 Å². The van der Waals surface area contributed by atoms with Crippen molar-refractivity contribution in [2.75, 3.05) is 5.32 Å². The van der Waals surface area contributed by atoms with Crippen molar-refractivity contribution >= 4 is 16.6 Å². The van der Waals surface area contributed by atoms with Crippen molar-refractivity contribution in [3.05, 3.63) is 71.9 Å². The van der Waals surface area contributed by atoms with E-state index in [1.54, 1.807) is 0 Å². The minimum Gasteiger partial charge on any atom is -0.377 e. The fourth-order valence-corrected chi connectivity index (χ4v) is 3.06. The molecule has 20 heavy (non-hydrogen) atoms. The molecule has 0 aliphatic heterocycles. The van der Waals surface area contributed by atoms with E-state index in [-0.39, 0.29) is 0 Å². The van der Waals surface area contributed by atoms with Gasteiger partial charge in [0.15, 0.2) is 0 Å². The normalized spacial score (nSPS) is 17.1. The first-order valence-electron chi connectivity index (χ1n) is 7.09. The van der Waals surface area contributed by atoms with Gasteiger partial charge in [0.1, 0.15) is 0 Å². The van der Waals surface area contributed by atoms with E-state index in [4.69, 9.17) is 0 Å². The number of para-hydroxylation sites is 1. The number of aromatic nitrogens is 1. The molecule has 98 valence electrons. The molecule has 1 atom stereocenters. The number of fused-ring (bicyclic) bond motifs is 2.